The Morgan fingerprint density at radius 1 is 1.33 bits per heavy atom. The number of ether oxygens (including phenoxy) is 1. The second-order valence-electron chi connectivity index (χ2n) is 4.39. The number of carbonyl (C=O) groups is 2. The van der Waals surface area contributed by atoms with Gasteiger partial charge in [-0.05, 0) is 12.5 Å². The quantitative estimate of drug-likeness (QED) is 0.678. The molecule has 2 rings (SSSR count). The molecule has 0 bridgehead atoms. The molecule has 1 aromatic carbocycles. The number of thiazole rings is 1. The van der Waals surface area contributed by atoms with Gasteiger partial charge in [-0.2, -0.15) is 0 Å². The summed E-state index contributed by atoms with van der Waals surface area (Å²) in [6.07, 6.45) is 0. The average molecular weight is 304 g/mol. The number of Topliss-reactive ketones (excluding diaryl/α,β-unsaturated/α-hetero) is 1. The SMILES string of the molecule is CCOC(=O)c1nc(C(N)c2ccccc2)sc1C(C)=O. The van der Waals surface area contributed by atoms with Gasteiger partial charge in [-0.3, -0.25) is 4.79 Å². The summed E-state index contributed by atoms with van der Waals surface area (Å²) in [5.41, 5.74) is 7.08. The second kappa shape index (κ2) is 6.60. The van der Waals surface area contributed by atoms with Gasteiger partial charge in [-0.1, -0.05) is 30.3 Å². The average Bonchev–Trinajstić information content (AvgIpc) is 2.93. The van der Waals surface area contributed by atoms with Crippen LogP contribution in [0.3, 0.4) is 0 Å². The normalized spacial score (nSPS) is 12.0. The van der Waals surface area contributed by atoms with Crippen molar-refractivity contribution in [3.63, 3.8) is 0 Å². The molecule has 0 saturated carbocycles. The molecular formula is C15H16N2O3S. The van der Waals surface area contributed by atoms with Crippen molar-refractivity contribution in [3.8, 4) is 0 Å². The number of ketones is 1. The molecule has 0 aliphatic heterocycles. The molecule has 2 N–H and O–H groups in total. The molecule has 110 valence electrons. The zero-order valence-corrected chi connectivity index (χ0v) is 12.6. The Labute approximate surface area is 126 Å². The van der Waals surface area contributed by atoms with Gasteiger partial charge in [0.1, 0.15) is 9.88 Å². The molecular weight excluding hydrogens is 288 g/mol. The van der Waals surface area contributed by atoms with Crippen LogP contribution in [0.15, 0.2) is 30.3 Å². The third kappa shape index (κ3) is 3.34. The van der Waals surface area contributed by atoms with Crippen LogP contribution in [0, 0.1) is 0 Å². The van der Waals surface area contributed by atoms with Gasteiger partial charge in [0.25, 0.3) is 0 Å². The molecule has 21 heavy (non-hydrogen) atoms. The topological polar surface area (TPSA) is 82.3 Å². The van der Waals surface area contributed by atoms with Gasteiger partial charge in [-0.25, -0.2) is 9.78 Å². The summed E-state index contributed by atoms with van der Waals surface area (Å²) < 4.78 is 4.93. The molecule has 0 radical (unpaired) electrons. The van der Waals surface area contributed by atoms with Gasteiger partial charge in [-0.15, -0.1) is 11.3 Å². The number of carbonyl (C=O) groups excluding carboxylic acids is 2. The van der Waals surface area contributed by atoms with E-state index in [4.69, 9.17) is 10.5 Å². The highest BCUT2D eigenvalue weighted by Gasteiger charge is 2.25. The largest absolute Gasteiger partial charge is 0.461 e. The molecule has 0 spiro atoms. The number of nitrogens with two attached hydrogens (primary N) is 1. The van der Waals surface area contributed by atoms with E-state index in [1.54, 1.807) is 6.92 Å². The van der Waals surface area contributed by atoms with Crippen molar-refractivity contribution in [2.24, 2.45) is 5.73 Å². The summed E-state index contributed by atoms with van der Waals surface area (Å²) in [5, 5.41) is 0.523. The lowest BCUT2D eigenvalue weighted by molar-refractivity contribution is 0.0517. The van der Waals surface area contributed by atoms with Crippen LogP contribution in [0.5, 0.6) is 0 Å². The van der Waals surface area contributed by atoms with Crippen LogP contribution in [-0.2, 0) is 4.74 Å². The minimum atomic E-state index is -0.592. The highest BCUT2D eigenvalue weighted by atomic mass is 32.1. The predicted molar refractivity (Wildman–Crippen MR) is 80.5 cm³/mol. The number of esters is 1. The van der Waals surface area contributed by atoms with Crippen LogP contribution in [-0.4, -0.2) is 23.3 Å². The van der Waals surface area contributed by atoms with Crippen molar-refractivity contribution in [1.82, 2.24) is 4.98 Å². The Morgan fingerprint density at radius 2 is 2.00 bits per heavy atom. The van der Waals surface area contributed by atoms with Crippen molar-refractivity contribution in [1.29, 1.82) is 0 Å². The maximum absolute atomic E-state index is 11.9. The van der Waals surface area contributed by atoms with Gasteiger partial charge < -0.3 is 10.5 Å². The van der Waals surface area contributed by atoms with Crippen LogP contribution in [0.1, 0.15) is 50.6 Å². The van der Waals surface area contributed by atoms with Crippen molar-refractivity contribution < 1.29 is 14.3 Å². The Morgan fingerprint density at radius 3 is 2.57 bits per heavy atom. The lowest BCUT2D eigenvalue weighted by Gasteiger charge is -2.07. The van der Waals surface area contributed by atoms with E-state index in [-0.39, 0.29) is 23.0 Å². The number of hydrogen-bond donors (Lipinski definition) is 1. The maximum atomic E-state index is 11.9. The molecule has 1 heterocycles. The van der Waals surface area contributed by atoms with Crippen LogP contribution >= 0.6 is 11.3 Å². The fraction of sp³-hybridized carbons (Fsp3) is 0.267. The molecule has 1 unspecified atom stereocenters. The van der Waals surface area contributed by atoms with Gasteiger partial charge in [0.05, 0.1) is 12.6 Å². The number of benzene rings is 1. The number of nitrogens with zero attached hydrogens (tertiary/aromatic N) is 1. The van der Waals surface area contributed by atoms with E-state index in [1.165, 1.54) is 6.92 Å². The minimum absolute atomic E-state index is 0.0516. The van der Waals surface area contributed by atoms with E-state index < -0.39 is 12.0 Å². The first-order valence-electron chi connectivity index (χ1n) is 6.53. The molecule has 0 aliphatic carbocycles. The summed E-state index contributed by atoms with van der Waals surface area (Å²) in [5.74, 6) is -0.812. The molecule has 1 atom stereocenters. The Hall–Kier alpha value is -2.05. The summed E-state index contributed by atoms with van der Waals surface area (Å²) in [7, 11) is 0. The van der Waals surface area contributed by atoms with Crippen molar-refractivity contribution in [2.75, 3.05) is 6.61 Å². The van der Waals surface area contributed by atoms with E-state index in [0.717, 1.165) is 16.9 Å². The molecule has 5 nitrogen and oxygen atoms in total. The second-order valence-corrected chi connectivity index (χ2v) is 5.43. The predicted octanol–water partition coefficient (Wildman–Crippen LogP) is 2.57. The number of hydrogen-bond acceptors (Lipinski definition) is 6. The standard InChI is InChI=1S/C15H16N2O3S/c1-3-20-15(19)12-13(9(2)18)21-14(17-12)11(16)10-7-5-4-6-8-10/h4-8,11H,3,16H2,1-2H3. The van der Waals surface area contributed by atoms with Crippen molar-refractivity contribution in [3.05, 3.63) is 51.5 Å². The van der Waals surface area contributed by atoms with Crippen LogP contribution < -0.4 is 5.73 Å². The lowest BCUT2D eigenvalue weighted by Crippen LogP contribution is -2.13. The third-order valence-electron chi connectivity index (χ3n) is 2.86. The van der Waals surface area contributed by atoms with Gasteiger partial charge in [0.2, 0.25) is 0 Å². The first-order chi connectivity index (χ1) is 10.0. The molecule has 6 heteroatoms. The summed E-state index contributed by atoms with van der Waals surface area (Å²) in [6.45, 7) is 3.33. The van der Waals surface area contributed by atoms with Gasteiger partial charge in [0.15, 0.2) is 11.5 Å². The fourth-order valence-electron chi connectivity index (χ4n) is 1.85. The first-order valence-corrected chi connectivity index (χ1v) is 7.35. The summed E-state index contributed by atoms with van der Waals surface area (Å²) in [6, 6.07) is 8.93. The van der Waals surface area contributed by atoms with Gasteiger partial charge >= 0.3 is 5.97 Å². The molecule has 2 aromatic rings. The zero-order valence-electron chi connectivity index (χ0n) is 11.8. The van der Waals surface area contributed by atoms with Crippen LogP contribution in [0.4, 0.5) is 0 Å². The molecule has 0 amide bonds. The lowest BCUT2D eigenvalue weighted by atomic mass is 10.1. The van der Waals surface area contributed by atoms with E-state index in [9.17, 15) is 9.59 Å². The van der Waals surface area contributed by atoms with E-state index >= 15 is 0 Å². The van der Waals surface area contributed by atoms with E-state index in [1.807, 2.05) is 30.3 Å². The van der Waals surface area contributed by atoms with Crippen LogP contribution in [0.25, 0.3) is 0 Å². The van der Waals surface area contributed by atoms with Crippen LogP contribution in [0.2, 0.25) is 0 Å². The first kappa shape index (κ1) is 15.3. The molecule has 1 aromatic heterocycles. The van der Waals surface area contributed by atoms with Crippen molar-refractivity contribution in [2.45, 2.75) is 19.9 Å². The Balaban J connectivity index is 2.40. The fourth-order valence-corrected chi connectivity index (χ4v) is 2.83. The Bertz CT molecular complexity index is 652. The summed E-state index contributed by atoms with van der Waals surface area (Å²) >= 11 is 1.14. The zero-order chi connectivity index (χ0) is 15.4. The molecule has 0 aliphatic rings. The molecule has 0 fully saturated rings. The van der Waals surface area contributed by atoms with E-state index in [2.05, 4.69) is 4.98 Å². The number of aromatic nitrogens is 1. The minimum Gasteiger partial charge on any atom is -0.461 e. The third-order valence-corrected chi connectivity index (χ3v) is 4.10. The Kier molecular flexibility index (Phi) is 4.82. The maximum Gasteiger partial charge on any atom is 0.358 e. The van der Waals surface area contributed by atoms with Crippen molar-refractivity contribution >= 4 is 23.1 Å². The van der Waals surface area contributed by atoms with E-state index in [0.29, 0.717) is 5.01 Å². The smallest absolute Gasteiger partial charge is 0.358 e. The summed E-state index contributed by atoms with van der Waals surface area (Å²) in [4.78, 5) is 28.1. The highest BCUT2D eigenvalue weighted by Crippen LogP contribution is 2.27. The molecule has 0 saturated heterocycles. The van der Waals surface area contributed by atoms with Gasteiger partial charge in [0, 0.05) is 6.92 Å². The monoisotopic (exact) mass is 304 g/mol. The highest BCUT2D eigenvalue weighted by molar-refractivity contribution is 7.14. The number of rotatable bonds is 5.